The summed E-state index contributed by atoms with van der Waals surface area (Å²) in [6.45, 7) is 2.22. The minimum atomic E-state index is 0.333. The molecule has 0 amide bonds. The van der Waals surface area contributed by atoms with Crippen LogP contribution in [0.15, 0.2) is 24.3 Å². The lowest BCUT2D eigenvalue weighted by molar-refractivity contribution is 0.463. The fraction of sp³-hybridized carbons (Fsp3) is 0.571. The molecule has 0 bridgehead atoms. The van der Waals surface area contributed by atoms with Gasteiger partial charge in [0.15, 0.2) is 0 Å². The van der Waals surface area contributed by atoms with Gasteiger partial charge in [0.25, 0.3) is 0 Å². The highest BCUT2D eigenvalue weighted by Gasteiger charge is 2.35. The van der Waals surface area contributed by atoms with Crippen LogP contribution in [-0.4, -0.2) is 16.6 Å². The second-order valence-corrected chi connectivity index (χ2v) is 5.95. The Morgan fingerprint density at radius 2 is 2.06 bits per heavy atom. The van der Waals surface area contributed by atoms with Gasteiger partial charge in [-0.2, -0.15) is 11.8 Å². The van der Waals surface area contributed by atoms with E-state index in [-0.39, 0.29) is 0 Å². The predicted octanol–water partition coefficient (Wildman–Crippen LogP) is 3.96. The number of hydrogen-bond donors (Lipinski definition) is 1. The average molecular weight is 236 g/mol. The Morgan fingerprint density at radius 1 is 1.31 bits per heavy atom. The summed E-state index contributed by atoms with van der Waals surface area (Å²) in [7, 11) is 0. The van der Waals surface area contributed by atoms with Crippen LogP contribution in [-0.2, 0) is 5.41 Å². The molecule has 0 aromatic heterocycles. The van der Waals surface area contributed by atoms with Crippen LogP contribution in [0.3, 0.4) is 0 Å². The van der Waals surface area contributed by atoms with Crippen molar-refractivity contribution in [3.63, 3.8) is 0 Å². The van der Waals surface area contributed by atoms with Gasteiger partial charge in [-0.3, -0.25) is 0 Å². The molecule has 0 saturated heterocycles. The molecule has 1 aliphatic carbocycles. The van der Waals surface area contributed by atoms with E-state index in [2.05, 4.69) is 13.0 Å². The Kier molecular flexibility index (Phi) is 3.80. The van der Waals surface area contributed by atoms with E-state index in [0.29, 0.717) is 11.2 Å². The van der Waals surface area contributed by atoms with E-state index >= 15 is 0 Å². The Labute approximate surface area is 102 Å². The van der Waals surface area contributed by atoms with Gasteiger partial charge < -0.3 is 5.11 Å². The van der Waals surface area contributed by atoms with Gasteiger partial charge in [0.05, 0.1) is 0 Å². The van der Waals surface area contributed by atoms with E-state index in [1.165, 1.54) is 42.8 Å². The highest BCUT2D eigenvalue weighted by molar-refractivity contribution is 7.99. The van der Waals surface area contributed by atoms with E-state index in [4.69, 9.17) is 0 Å². The summed E-state index contributed by atoms with van der Waals surface area (Å²) in [5, 5.41) is 9.61. The van der Waals surface area contributed by atoms with E-state index in [9.17, 15) is 5.11 Å². The lowest BCUT2D eigenvalue weighted by Crippen LogP contribution is -2.25. The Bertz CT molecular complexity index is 342. The van der Waals surface area contributed by atoms with E-state index < -0.39 is 0 Å². The first-order chi connectivity index (χ1) is 7.77. The normalized spacial score (nSPS) is 18.8. The van der Waals surface area contributed by atoms with Crippen molar-refractivity contribution < 1.29 is 5.11 Å². The molecule has 0 aliphatic heterocycles. The minimum absolute atomic E-state index is 0.333. The van der Waals surface area contributed by atoms with Crippen molar-refractivity contribution in [1.29, 1.82) is 0 Å². The molecule has 1 saturated carbocycles. The predicted molar refractivity (Wildman–Crippen MR) is 71.3 cm³/mol. The first-order valence-electron chi connectivity index (χ1n) is 6.14. The fourth-order valence-corrected chi connectivity index (χ4v) is 3.75. The summed E-state index contributed by atoms with van der Waals surface area (Å²) >= 11 is 2.02. The van der Waals surface area contributed by atoms with Crippen LogP contribution in [0.2, 0.25) is 0 Å². The van der Waals surface area contributed by atoms with Crippen LogP contribution in [0.4, 0.5) is 0 Å². The maximum absolute atomic E-state index is 9.61. The molecule has 0 spiro atoms. The Balaban J connectivity index is 2.24. The molecule has 1 N–H and O–H groups in total. The standard InChI is InChI=1S/C14H20OS/c1-2-16-11-14(8-3-4-9-14)12-6-5-7-13(15)10-12/h5-7,10,15H,2-4,8-9,11H2,1H3. The largest absolute Gasteiger partial charge is 0.508 e. The summed E-state index contributed by atoms with van der Waals surface area (Å²) in [6.07, 6.45) is 5.23. The first-order valence-corrected chi connectivity index (χ1v) is 7.29. The molecule has 1 fully saturated rings. The number of thioether (sulfide) groups is 1. The first kappa shape index (κ1) is 11.8. The van der Waals surface area contributed by atoms with Gasteiger partial charge in [0.2, 0.25) is 0 Å². The molecule has 0 unspecified atom stereocenters. The molecular formula is C14H20OS. The maximum atomic E-state index is 9.61. The topological polar surface area (TPSA) is 20.2 Å². The second kappa shape index (κ2) is 5.13. The number of rotatable bonds is 4. The van der Waals surface area contributed by atoms with Gasteiger partial charge in [-0.25, -0.2) is 0 Å². The van der Waals surface area contributed by atoms with Crippen LogP contribution >= 0.6 is 11.8 Å². The van der Waals surface area contributed by atoms with Gasteiger partial charge >= 0.3 is 0 Å². The molecule has 0 heterocycles. The molecule has 1 aromatic carbocycles. The fourth-order valence-electron chi connectivity index (χ4n) is 2.70. The SMILES string of the molecule is CCSCC1(c2cccc(O)c2)CCCC1. The number of aromatic hydroxyl groups is 1. The zero-order valence-electron chi connectivity index (χ0n) is 9.91. The van der Waals surface area contributed by atoms with Gasteiger partial charge in [-0.1, -0.05) is 31.9 Å². The maximum Gasteiger partial charge on any atom is 0.115 e. The molecule has 1 aliphatic rings. The van der Waals surface area contributed by atoms with Crippen molar-refractivity contribution in [3.8, 4) is 5.75 Å². The molecule has 88 valence electrons. The van der Waals surface area contributed by atoms with Crippen molar-refractivity contribution in [2.45, 2.75) is 38.0 Å². The van der Waals surface area contributed by atoms with E-state index in [1.807, 2.05) is 23.9 Å². The summed E-state index contributed by atoms with van der Waals surface area (Å²) in [5.41, 5.74) is 1.67. The van der Waals surface area contributed by atoms with Gasteiger partial charge in [0.1, 0.15) is 5.75 Å². The lowest BCUT2D eigenvalue weighted by Gasteiger charge is -2.29. The highest BCUT2D eigenvalue weighted by Crippen LogP contribution is 2.44. The van der Waals surface area contributed by atoms with Crippen molar-refractivity contribution in [3.05, 3.63) is 29.8 Å². The number of hydrogen-bond acceptors (Lipinski definition) is 2. The summed E-state index contributed by atoms with van der Waals surface area (Å²) in [5.74, 6) is 2.79. The number of phenols is 1. The third kappa shape index (κ3) is 2.37. The lowest BCUT2D eigenvalue weighted by atomic mass is 9.81. The quantitative estimate of drug-likeness (QED) is 0.854. The van der Waals surface area contributed by atoms with E-state index in [0.717, 1.165) is 0 Å². The zero-order chi connectivity index (χ0) is 11.4. The monoisotopic (exact) mass is 236 g/mol. The molecule has 2 rings (SSSR count). The highest BCUT2D eigenvalue weighted by atomic mass is 32.2. The summed E-state index contributed by atoms with van der Waals surface area (Å²) < 4.78 is 0. The third-order valence-corrected chi connectivity index (χ3v) is 4.77. The van der Waals surface area contributed by atoms with Gasteiger partial charge in [-0.15, -0.1) is 0 Å². The van der Waals surface area contributed by atoms with Gasteiger partial charge in [-0.05, 0) is 36.3 Å². The molecule has 16 heavy (non-hydrogen) atoms. The molecule has 2 heteroatoms. The van der Waals surface area contributed by atoms with Crippen molar-refractivity contribution in [2.24, 2.45) is 0 Å². The zero-order valence-corrected chi connectivity index (χ0v) is 10.7. The van der Waals surface area contributed by atoms with Crippen molar-refractivity contribution in [1.82, 2.24) is 0 Å². The molecule has 0 atom stereocenters. The van der Waals surface area contributed by atoms with E-state index in [1.54, 1.807) is 6.07 Å². The molecule has 1 aromatic rings. The van der Waals surface area contributed by atoms with Crippen molar-refractivity contribution >= 4 is 11.8 Å². The molecule has 1 nitrogen and oxygen atoms in total. The van der Waals surface area contributed by atoms with Gasteiger partial charge in [0, 0.05) is 11.2 Å². The van der Waals surface area contributed by atoms with Crippen LogP contribution < -0.4 is 0 Å². The minimum Gasteiger partial charge on any atom is -0.508 e. The van der Waals surface area contributed by atoms with Crippen LogP contribution in [0, 0.1) is 0 Å². The summed E-state index contributed by atoms with van der Waals surface area (Å²) in [4.78, 5) is 0. The Hall–Kier alpha value is -0.630. The molecular weight excluding hydrogens is 216 g/mol. The van der Waals surface area contributed by atoms with Crippen LogP contribution in [0.25, 0.3) is 0 Å². The number of phenolic OH excluding ortho intramolecular Hbond substituents is 1. The van der Waals surface area contributed by atoms with Crippen LogP contribution in [0.1, 0.15) is 38.2 Å². The Morgan fingerprint density at radius 3 is 2.69 bits per heavy atom. The van der Waals surface area contributed by atoms with Crippen LogP contribution in [0.5, 0.6) is 5.75 Å². The van der Waals surface area contributed by atoms with Crippen molar-refractivity contribution in [2.75, 3.05) is 11.5 Å². The smallest absolute Gasteiger partial charge is 0.115 e. The molecule has 0 radical (unpaired) electrons. The average Bonchev–Trinajstić information content (AvgIpc) is 2.76. The number of benzene rings is 1. The second-order valence-electron chi connectivity index (χ2n) is 4.67. The summed E-state index contributed by atoms with van der Waals surface area (Å²) in [6, 6.07) is 7.88. The third-order valence-electron chi connectivity index (χ3n) is 3.60.